The van der Waals surface area contributed by atoms with Gasteiger partial charge >= 0.3 is 0 Å². The quantitative estimate of drug-likeness (QED) is 0.505. The lowest BCUT2D eigenvalue weighted by atomic mass is 9.80. The average molecular weight is 418 g/mol. The average Bonchev–Trinajstić information content (AvgIpc) is 3.24. The third-order valence-corrected chi connectivity index (χ3v) is 6.09. The number of nitrogens with two attached hydrogens (primary N) is 1. The van der Waals surface area contributed by atoms with E-state index < -0.39 is 0 Å². The van der Waals surface area contributed by atoms with E-state index in [0.717, 1.165) is 38.3 Å². The molecule has 3 aromatic rings. The molecule has 0 radical (unpaired) electrons. The fourth-order valence-corrected chi connectivity index (χ4v) is 3.88. The minimum atomic E-state index is -0.313. The molecule has 1 aliphatic rings. The zero-order chi connectivity index (χ0) is 21.8. The Morgan fingerprint density at radius 1 is 1.00 bits per heavy atom. The van der Waals surface area contributed by atoms with Gasteiger partial charge in [0.2, 0.25) is 0 Å². The lowest BCUT2D eigenvalue weighted by molar-refractivity contribution is 0.214. The number of benzene rings is 2. The van der Waals surface area contributed by atoms with E-state index in [0.29, 0.717) is 11.8 Å². The summed E-state index contributed by atoms with van der Waals surface area (Å²) in [6.07, 6.45) is 0.903. The van der Waals surface area contributed by atoms with E-state index in [-0.39, 0.29) is 5.41 Å². The van der Waals surface area contributed by atoms with Crippen LogP contribution >= 0.6 is 0 Å². The number of nitrogens with zero attached hydrogens (tertiary/aromatic N) is 4. The van der Waals surface area contributed by atoms with Gasteiger partial charge in [-0.3, -0.25) is 0 Å². The summed E-state index contributed by atoms with van der Waals surface area (Å²) in [5.41, 5.74) is 10.5. The molecule has 0 saturated carbocycles. The molecule has 1 aliphatic heterocycles. The first kappa shape index (κ1) is 21.1. The minimum absolute atomic E-state index is 0.313. The van der Waals surface area contributed by atoms with Crippen molar-refractivity contribution in [1.29, 1.82) is 0 Å². The fourth-order valence-electron chi connectivity index (χ4n) is 3.88. The van der Waals surface area contributed by atoms with E-state index in [9.17, 15) is 0 Å². The topological polar surface area (TPSA) is 70.9 Å². The molecule has 2 N–H and O–H groups in total. The Balaban J connectivity index is 1.51. The first-order chi connectivity index (χ1) is 14.9. The molecule has 1 saturated heterocycles. The van der Waals surface area contributed by atoms with Crippen LogP contribution in [-0.4, -0.2) is 54.1 Å². The number of piperazine rings is 1. The normalized spacial score (nSPS) is 16.0. The number of guanidine groups is 1. The monoisotopic (exact) mass is 417 g/mol. The molecular weight excluding hydrogens is 386 g/mol. The first-order valence-corrected chi connectivity index (χ1v) is 10.8. The molecule has 6 heteroatoms. The Kier molecular flexibility index (Phi) is 6.09. The molecule has 6 nitrogen and oxygen atoms in total. The summed E-state index contributed by atoms with van der Waals surface area (Å²) in [5, 5.41) is 4.32. The number of aliphatic imine (C=N–C) groups is 1. The summed E-state index contributed by atoms with van der Waals surface area (Å²) in [7, 11) is 2.12. The molecule has 0 spiro atoms. The zero-order valence-electron chi connectivity index (χ0n) is 18.6. The second kappa shape index (κ2) is 8.94. The highest BCUT2D eigenvalue weighted by atomic mass is 16.5. The Morgan fingerprint density at radius 3 is 2.45 bits per heavy atom. The molecule has 2 aromatic carbocycles. The van der Waals surface area contributed by atoms with Crippen LogP contribution in [0.2, 0.25) is 0 Å². The van der Waals surface area contributed by atoms with Gasteiger partial charge in [-0.25, -0.2) is 0 Å². The second-order valence-corrected chi connectivity index (χ2v) is 8.80. The fraction of sp³-hybridized carbons (Fsp3) is 0.360. The van der Waals surface area contributed by atoms with Gasteiger partial charge in [0.25, 0.3) is 5.88 Å². The standard InChI is InChI=1S/C25H31N5O/c1-25(2,21-11-7-10-20(17-21)16-19-8-5-4-6-9-19)22-18-23(31-28-22)27-24(26)30-14-12-29(3)13-15-30/h4-11,17-18H,12-16H2,1-3H3,(H2,26,27). The van der Waals surface area contributed by atoms with Crippen LogP contribution in [0.15, 0.2) is 70.2 Å². The smallest absolute Gasteiger partial charge is 0.253 e. The van der Waals surface area contributed by atoms with E-state index in [1.54, 1.807) is 0 Å². The van der Waals surface area contributed by atoms with Gasteiger partial charge in [-0.2, -0.15) is 4.99 Å². The molecule has 1 aromatic heterocycles. The molecule has 4 rings (SSSR count). The van der Waals surface area contributed by atoms with Crippen LogP contribution in [0.25, 0.3) is 0 Å². The van der Waals surface area contributed by atoms with E-state index in [4.69, 9.17) is 10.3 Å². The van der Waals surface area contributed by atoms with Gasteiger partial charge < -0.3 is 20.1 Å². The number of hydrogen-bond acceptors (Lipinski definition) is 4. The van der Waals surface area contributed by atoms with Crippen LogP contribution in [0.1, 0.15) is 36.2 Å². The lowest BCUT2D eigenvalue weighted by Crippen LogP contribution is -2.49. The van der Waals surface area contributed by atoms with Crippen LogP contribution in [0.4, 0.5) is 5.88 Å². The van der Waals surface area contributed by atoms with Crippen molar-refractivity contribution in [2.75, 3.05) is 33.2 Å². The van der Waals surface area contributed by atoms with E-state index in [2.05, 4.69) is 89.4 Å². The molecule has 0 unspecified atom stereocenters. The van der Waals surface area contributed by atoms with Gasteiger partial charge in [0.05, 0.1) is 5.69 Å². The molecule has 31 heavy (non-hydrogen) atoms. The molecule has 0 atom stereocenters. The summed E-state index contributed by atoms with van der Waals surface area (Å²) in [4.78, 5) is 8.85. The second-order valence-electron chi connectivity index (χ2n) is 8.80. The highest BCUT2D eigenvalue weighted by molar-refractivity contribution is 5.80. The van der Waals surface area contributed by atoms with Crippen LogP contribution < -0.4 is 5.73 Å². The van der Waals surface area contributed by atoms with Gasteiger partial charge in [-0.15, -0.1) is 0 Å². The number of hydrogen-bond donors (Lipinski definition) is 1. The number of aromatic nitrogens is 1. The Bertz CT molecular complexity index is 1030. The highest BCUT2D eigenvalue weighted by Gasteiger charge is 2.28. The molecule has 1 fully saturated rings. The van der Waals surface area contributed by atoms with Crippen LogP contribution in [0.5, 0.6) is 0 Å². The summed E-state index contributed by atoms with van der Waals surface area (Å²) in [6, 6.07) is 21.1. The first-order valence-electron chi connectivity index (χ1n) is 10.8. The lowest BCUT2D eigenvalue weighted by Gasteiger charge is -2.32. The van der Waals surface area contributed by atoms with Gasteiger partial charge in [-0.05, 0) is 30.2 Å². The van der Waals surface area contributed by atoms with Crippen molar-refractivity contribution in [2.45, 2.75) is 25.7 Å². The SMILES string of the molecule is CN1CCN(C(N)=Nc2cc(C(C)(C)c3cccc(Cc4ccccc4)c3)no2)CC1. The van der Waals surface area contributed by atoms with Crippen molar-refractivity contribution < 1.29 is 4.52 Å². The third-order valence-electron chi connectivity index (χ3n) is 6.09. The largest absolute Gasteiger partial charge is 0.369 e. The Hall–Kier alpha value is -3.12. The molecule has 162 valence electrons. The van der Waals surface area contributed by atoms with Crippen molar-refractivity contribution >= 4 is 11.8 Å². The third kappa shape index (κ3) is 4.97. The van der Waals surface area contributed by atoms with Gasteiger partial charge in [0.1, 0.15) is 0 Å². The highest BCUT2D eigenvalue weighted by Crippen LogP contribution is 2.33. The van der Waals surface area contributed by atoms with Crippen LogP contribution in [0.3, 0.4) is 0 Å². The van der Waals surface area contributed by atoms with Crippen molar-refractivity contribution in [2.24, 2.45) is 10.7 Å². The summed E-state index contributed by atoms with van der Waals surface area (Å²) in [6.45, 7) is 8.00. The Morgan fingerprint density at radius 2 is 1.71 bits per heavy atom. The van der Waals surface area contributed by atoms with E-state index in [1.165, 1.54) is 16.7 Å². The maximum absolute atomic E-state index is 6.22. The van der Waals surface area contributed by atoms with Crippen molar-refractivity contribution in [3.05, 3.63) is 83.0 Å². The van der Waals surface area contributed by atoms with Crippen molar-refractivity contribution in [3.63, 3.8) is 0 Å². The zero-order valence-corrected chi connectivity index (χ0v) is 18.6. The van der Waals surface area contributed by atoms with Gasteiger partial charge in [-0.1, -0.05) is 73.6 Å². The van der Waals surface area contributed by atoms with Crippen LogP contribution in [0, 0.1) is 0 Å². The Labute approximate surface area is 184 Å². The number of rotatable bonds is 5. The van der Waals surface area contributed by atoms with Gasteiger partial charge in [0, 0.05) is 37.7 Å². The summed E-state index contributed by atoms with van der Waals surface area (Å²) >= 11 is 0. The molecule has 0 aliphatic carbocycles. The molecular formula is C25H31N5O. The van der Waals surface area contributed by atoms with E-state index >= 15 is 0 Å². The number of likely N-dealkylation sites (N-methyl/N-ethyl adjacent to an activating group) is 1. The van der Waals surface area contributed by atoms with Crippen molar-refractivity contribution in [3.8, 4) is 0 Å². The van der Waals surface area contributed by atoms with Crippen LogP contribution in [-0.2, 0) is 11.8 Å². The van der Waals surface area contributed by atoms with Gasteiger partial charge in [0.15, 0.2) is 5.96 Å². The predicted molar refractivity (Wildman–Crippen MR) is 125 cm³/mol. The summed E-state index contributed by atoms with van der Waals surface area (Å²) < 4.78 is 5.53. The molecule has 0 bridgehead atoms. The maximum Gasteiger partial charge on any atom is 0.253 e. The maximum atomic E-state index is 6.22. The summed E-state index contributed by atoms with van der Waals surface area (Å²) in [5.74, 6) is 0.929. The van der Waals surface area contributed by atoms with Crippen molar-refractivity contribution in [1.82, 2.24) is 15.0 Å². The minimum Gasteiger partial charge on any atom is -0.369 e. The molecule has 0 amide bonds. The van der Waals surface area contributed by atoms with E-state index in [1.807, 2.05) is 12.1 Å². The molecule has 2 heterocycles. The predicted octanol–water partition coefficient (Wildman–Crippen LogP) is 3.78.